The van der Waals surface area contributed by atoms with Crippen molar-refractivity contribution < 1.29 is 33.8 Å². The first-order valence-corrected chi connectivity index (χ1v) is 8.15. The molecule has 1 atom stereocenters. The van der Waals surface area contributed by atoms with Gasteiger partial charge in [0.2, 0.25) is 0 Å². The molecule has 0 aliphatic heterocycles. The summed E-state index contributed by atoms with van der Waals surface area (Å²) in [7, 11) is 1.50. The van der Waals surface area contributed by atoms with Crippen molar-refractivity contribution >= 4 is 17.7 Å². The van der Waals surface area contributed by atoms with E-state index in [0.29, 0.717) is 6.61 Å². The van der Waals surface area contributed by atoms with Crippen LogP contribution in [0.5, 0.6) is 5.75 Å². The average Bonchev–Trinajstić information content (AvgIpc) is 2.53. The molecule has 0 saturated heterocycles. The topological polar surface area (TPSA) is 137 Å². The predicted molar refractivity (Wildman–Crippen MR) is 95.0 cm³/mol. The van der Waals surface area contributed by atoms with Gasteiger partial charge in [0.1, 0.15) is 24.0 Å². The molecule has 2 N–H and O–H groups in total. The number of hydrogen-bond acceptors (Lipinski definition) is 7. The Morgan fingerprint density at radius 1 is 1.30 bits per heavy atom. The number of alkyl carbamates (subject to hydrolysis) is 1. The Hall–Kier alpha value is -2.88. The number of carbonyl (C=O) groups excluding carboxylic acids is 1. The van der Waals surface area contributed by atoms with Crippen molar-refractivity contribution in [2.75, 3.05) is 20.3 Å². The van der Waals surface area contributed by atoms with Crippen molar-refractivity contribution in [3.8, 4) is 5.75 Å². The number of carbonyl (C=O) groups is 2. The summed E-state index contributed by atoms with van der Waals surface area (Å²) in [5.41, 5.74) is -0.968. The van der Waals surface area contributed by atoms with E-state index in [2.05, 4.69) is 5.32 Å². The second kappa shape index (κ2) is 9.72. The summed E-state index contributed by atoms with van der Waals surface area (Å²) in [5, 5.41) is 22.9. The Bertz CT molecular complexity index is 684. The zero-order valence-corrected chi connectivity index (χ0v) is 15.7. The SMILES string of the molecule is COCCOc1ccc(C[C@H](NC(=O)OC(C)(C)C)C(=O)O)c([N+](=O)[O-])c1. The van der Waals surface area contributed by atoms with E-state index in [9.17, 15) is 24.8 Å². The third-order valence-electron chi connectivity index (χ3n) is 3.22. The first-order chi connectivity index (χ1) is 12.5. The molecule has 1 aromatic rings. The summed E-state index contributed by atoms with van der Waals surface area (Å²) in [4.78, 5) is 34.0. The molecule has 0 unspecified atom stereocenters. The maximum Gasteiger partial charge on any atom is 0.408 e. The van der Waals surface area contributed by atoms with Crippen molar-refractivity contribution in [2.24, 2.45) is 0 Å². The second-order valence-electron chi connectivity index (χ2n) is 6.63. The monoisotopic (exact) mass is 384 g/mol. The van der Waals surface area contributed by atoms with Gasteiger partial charge < -0.3 is 24.6 Å². The molecule has 0 saturated carbocycles. The lowest BCUT2D eigenvalue weighted by molar-refractivity contribution is -0.385. The van der Waals surface area contributed by atoms with E-state index in [-0.39, 0.29) is 30.0 Å². The van der Waals surface area contributed by atoms with E-state index in [0.717, 1.165) is 0 Å². The number of ether oxygens (including phenoxy) is 3. The number of nitro groups is 1. The number of amides is 1. The number of benzene rings is 1. The number of aliphatic carboxylic acids is 1. The first-order valence-electron chi connectivity index (χ1n) is 8.15. The molecule has 0 fully saturated rings. The normalized spacial score (nSPS) is 12.1. The van der Waals surface area contributed by atoms with Gasteiger partial charge in [-0.25, -0.2) is 9.59 Å². The molecule has 0 bridgehead atoms. The zero-order valence-electron chi connectivity index (χ0n) is 15.7. The van der Waals surface area contributed by atoms with Crippen LogP contribution in [0.1, 0.15) is 26.3 Å². The lowest BCUT2D eigenvalue weighted by Crippen LogP contribution is -2.44. The number of nitrogens with zero attached hydrogens (tertiary/aromatic N) is 1. The molecule has 0 spiro atoms. The Labute approximate surface area is 156 Å². The number of methoxy groups -OCH3 is 1. The fourth-order valence-electron chi connectivity index (χ4n) is 2.09. The molecule has 0 aliphatic rings. The average molecular weight is 384 g/mol. The molecule has 1 rings (SSSR count). The summed E-state index contributed by atoms with van der Waals surface area (Å²) in [6.45, 7) is 5.43. The van der Waals surface area contributed by atoms with Crippen LogP contribution in [0.3, 0.4) is 0 Å². The van der Waals surface area contributed by atoms with Crippen molar-refractivity contribution in [1.82, 2.24) is 5.32 Å². The molecule has 10 heteroatoms. The summed E-state index contributed by atoms with van der Waals surface area (Å²) in [5.74, 6) is -1.08. The second-order valence-corrected chi connectivity index (χ2v) is 6.63. The fourth-order valence-corrected chi connectivity index (χ4v) is 2.09. The van der Waals surface area contributed by atoms with Crippen LogP contribution in [0.2, 0.25) is 0 Å². The van der Waals surface area contributed by atoms with Crippen molar-refractivity contribution in [3.05, 3.63) is 33.9 Å². The summed E-state index contributed by atoms with van der Waals surface area (Å²) >= 11 is 0. The van der Waals surface area contributed by atoms with Gasteiger partial charge in [-0.15, -0.1) is 0 Å². The Morgan fingerprint density at radius 2 is 1.96 bits per heavy atom. The summed E-state index contributed by atoms with van der Waals surface area (Å²) < 4.78 is 15.2. The van der Waals surface area contributed by atoms with Crippen LogP contribution in [0.25, 0.3) is 0 Å². The maximum atomic E-state index is 11.8. The largest absolute Gasteiger partial charge is 0.491 e. The van der Waals surface area contributed by atoms with Crippen LogP contribution in [0.15, 0.2) is 18.2 Å². The van der Waals surface area contributed by atoms with Gasteiger partial charge in [-0.1, -0.05) is 0 Å². The minimum absolute atomic E-state index is 0.141. The van der Waals surface area contributed by atoms with Crippen LogP contribution in [0, 0.1) is 10.1 Å². The van der Waals surface area contributed by atoms with E-state index >= 15 is 0 Å². The number of nitrogens with one attached hydrogen (secondary N) is 1. The molecule has 0 radical (unpaired) electrons. The Morgan fingerprint density at radius 3 is 2.48 bits per heavy atom. The van der Waals surface area contributed by atoms with Crippen LogP contribution < -0.4 is 10.1 Å². The molecular formula is C17H24N2O8. The molecular weight excluding hydrogens is 360 g/mol. The van der Waals surface area contributed by atoms with Crippen molar-refractivity contribution in [2.45, 2.75) is 38.8 Å². The third-order valence-corrected chi connectivity index (χ3v) is 3.22. The first kappa shape index (κ1) is 22.2. The minimum atomic E-state index is -1.39. The highest BCUT2D eigenvalue weighted by atomic mass is 16.6. The zero-order chi connectivity index (χ0) is 20.6. The highest BCUT2D eigenvalue weighted by molar-refractivity contribution is 5.80. The van der Waals surface area contributed by atoms with Gasteiger partial charge in [-0.05, 0) is 32.9 Å². The van der Waals surface area contributed by atoms with Gasteiger partial charge in [0.15, 0.2) is 0 Å². The number of nitro benzene ring substituents is 1. The van der Waals surface area contributed by atoms with Gasteiger partial charge in [0.05, 0.1) is 17.6 Å². The van der Waals surface area contributed by atoms with Gasteiger partial charge in [-0.3, -0.25) is 10.1 Å². The van der Waals surface area contributed by atoms with Crippen LogP contribution in [0.4, 0.5) is 10.5 Å². The molecule has 0 heterocycles. The molecule has 1 aromatic carbocycles. The van der Waals surface area contributed by atoms with E-state index in [1.807, 2.05) is 0 Å². The lowest BCUT2D eigenvalue weighted by atomic mass is 10.0. The van der Waals surface area contributed by atoms with E-state index < -0.39 is 28.6 Å². The fraction of sp³-hybridized carbons (Fsp3) is 0.529. The standard InChI is InChI=1S/C17H24N2O8/c1-17(2,3)27-16(22)18-13(15(20)21)9-11-5-6-12(26-8-7-25-4)10-14(11)19(23)24/h5-6,10,13H,7-9H2,1-4H3,(H,18,22)(H,20,21)/t13-/m0/s1. The molecule has 27 heavy (non-hydrogen) atoms. The number of carboxylic acid groups (broad SMARTS) is 1. The van der Waals surface area contributed by atoms with Crippen LogP contribution in [-0.4, -0.2) is 54.1 Å². The van der Waals surface area contributed by atoms with E-state index in [4.69, 9.17) is 14.2 Å². The van der Waals surface area contributed by atoms with Crippen LogP contribution in [-0.2, 0) is 20.7 Å². The quantitative estimate of drug-likeness (QED) is 0.375. The van der Waals surface area contributed by atoms with Crippen molar-refractivity contribution in [1.29, 1.82) is 0 Å². The predicted octanol–water partition coefficient (Wildman–Crippen LogP) is 2.14. The summed E-state index contributed by atoms with van der Waals surface area (Å²) in [6, 6.07) is 2.70. The van der Waals surface area contributed by atoms with E-state index in [1.54, 1.807) is 20.8 Å². The lowest BCUT2D eigenvalue weighted by Gasteiger charge is -2.22. The van der Waals surface area contributed by atoms with Gasteiger partial charge in [-0.2, -0.15) is 0 Å². The smallest absolute Gasteiger partial charge is 0.408 e. The Kier molecular flexibility index (Phi) is 7.98. The molecule has 150 valence electrons. The molecule has 0 aliphatic carbocycles. The molecule has 10 nitrogen and oxygen atoms in total. The highest BCUT2D eigenvalue weighted by Gasteiger charge is 2.27. The highest BCUT2D eigenvalue weighted by Crippen LogP contribution is 2.26. The maximum absolute atomic E-state index is 11.8. The van der Waals surface area contributed by atoms with E-state index in [1.165, 1.54) is 25.3 Å². The number of rotatable bonds is 9. The Balaban J connectivity index is 2.96. The minimum Gasteiger partial charge on any atom is -0.491 e. The van der Waals surface area contributed by atoms with Gasteiger partial charge in [0, 0.05) is 19.1 Å². The summed E-state index contributed by atoms with van der Waals surface area (Å²) in [6.07, 6.45) is -1.21. The molecule has 1 amide bonds. The van der Waals surface area contributed by atoms with Gasteiger partial charge in [0.25, 0.3) is 5.69 Å². The van der Waals surface area contributed by atoms with Crippen molar-refractivity contribution in [3.63, 3.8) is 0 Å². The van der Waals surface area contributed by atoms with Gasteiger partial charge >= 0.3 is 12.1 Å². The number of carboxylic acids is 1. The third kappa shape index (κ3) is 7.90. The molecule has 0 aromatic heterocycles. The van der Waals surface area contributed by atoms with Crippen LogP contribution >= 0.6 is 0 Å². The number of hydrogen-bond donors (Lipinski definition) is 2.